The third-order valence-corrected chi connectivity index (χ3v) is 3.50. The van der Waals surface area contributed by atoms with Gasteiger partial charge in [-0.3, -0.25) is 0 Å². The second-order valence-corrected chi connectivity index (χ2v) is 5.49. The van der Waals surface area contributed by atoms with Gasteiger partial charge in [-0.2, -0.15) is 0 Å². The summed E-state index contributed by atoms with van der Waals surface area (Å²) in [5, 5.41) is 2.83. The van der Waals surface area contributed by atoms with Gasteiger partial charge in [-0.25, -0.2) is 0 Å². The van der Waals surface area contributed by atoms with Gasteiger partial charge in [0.2, 0.25) is 0 Å². The molecule has 1 amide bonds. The van der Waals surface area contributed by atoms with Gasteiger partial charge in [0.15, 0.2) is 0 Å². The molecule has 1 unspecified atom stereocenters. The Morgan fingerprint density at radius 3 is 2.90 bits per heavy atom. The van der Waals surface area contributed by atoms with Crippen molar-refractivity contribution in [3.63, 3.8) is 0 Å². The fraction of sp³-hybridized carbons (Fsp3) is 0.429. The summed E-state index contributed by atoms with van der Waals surface area (Å²) in [6.45, 7) is 0.785. The molecule has 0 bridgehead atoms. The third-order valence-electron chi connectivity index (χ3n) is 2.58. The summed E-state index contributed by atoms with van der Waals surface area (Å²) in [4.78, 5) is 15.8. The van der Waals surface area contributed by atoms with Crippen molar-refractivity contribution in [1.82, 2.24) is 5.32 Å². The maximum atomic E-state index is 11.7. The molecule has 1 N–H and O–H groups in total. The Labute approximate surface area is 131 Å². The van der Waals surface area contributed by atoms with Crippen molar-refractivity contribution < 1.29 is 9.53 Å². The van der Waals surface area contributed by atoms with Gasteiger partial charge >= 0.3 is 132 Å². The first-order chi connectivity index (χ1) is 9.76. The number of aliphatic imine (C=N–C) groups is 1. The molecule has 0 aliphatic rings. The second kappa shape index (κ2) is 10.7. The van der Waals surface area contributed by atoms with E-state index in [0.717, 1.165) is 17.7 Å². The van der Waals surface area contributed by atoms with Gasteiger partial charge in [-0.1, -0.05) is 0 Å². The number of amides is 1. The van der Waals surface area contributed by atoms with E-state index in [2.05, 4.69) is 30.6 Å². The van der Waals surface area contributed by atoms with Gasteiger partial charge in [0.1, 0.15) is 0 Å². The second-order valence-electron chi connectivity index (χ2n) is 4.12. The van der Waals surface area contributed by atoms with Crippen LogP contribution in [0.4, 0.5) is 4.79 Å². The van der Waals surface area contributed by atoms with E-state index in [1.54, 1.807) is 11.8 Å². The Morgan fingerprint density at radius 1 is 1.50 bits per heavy atom. The first-order valence-electron chi connectivity index (χ1n) is 6.26. The number of alkyl carbamates (subject to hydrolysis) is 1. The number of carbonyl (C=O) groups is 1. The number of hydrogen-bond donors (Lipinski definition) is 1. The summed E-state index contributed by atoms with van der Waals surface area (Å²) in [5.41, 5.74) is 0.970. The topological polar surface area (TPSA) is 50.7 Å². The number of hydrogen-bond acceptors (Lipinski definition) is 4. The van der Waals surface area contributed by atoms with Crippen LogP contribution in [0.25, 0.3) is 0 Å². The quantitative estimate of drug-likeness (QED) is 0.573. The zero-order valence-electron chi connectivity index (χ0n) is 11.4. The van der Waals surface area contributed by atoms with E-state index in [4.69, 9.17) is 4.74 Å². The monoisotopic (exact) mass is 358 g/mol. The molecule has 0 heterocycles. The number of benzene rings is 1. The van der Waals surface area contributed by atoms with Gasteiger partial charge in [-0.15, -0.1) is 0 Å². The molecule has 0 saturated heterocycles. The first kappa shape index (κ1) is 17.0. The summed E-state index contributed by atoms with van der Waals surface area (Å²) in [6, 6.07) is 9.58. The molecule has 4 nitrogen and oxygen atoms in total. The van der Waals surface area contributed by atoms with Gasteiger partial charge in [0.05, 0.1) is 0 Å². The molecule has 0 aromatic heterocycles. The normalized spacial score (nSPS) is 11.2. The minimum absolute atomic E-state index is 0.0217. The molecule has 0 aliphatic heterocycles. The standard InChI is InChI=1S/C14H18N2O2SSe/c1-19-8-7-13(9-15-11-20)16-14(17)18-10-12-5-3-2-4-6-12/h2-6,13H,7-10H2,1H3,(H,16,17). The summed E-state index contributed by atoms with van der Waals surface area (Å²) in [6.07, 6.45) is 2.48. The van der Waals surface area contributed by atoms with Crippen LogP contribution in [0.5, 0.6) is 0 Å². The van der Waals surface area contributed by atoms with E-state index >= 15 is 0 Å². The van der Waals surface area contributed by atoms with Crippen molar-refractivity contribution in [3.8, 4) is 0 Å². The van der Waals surface area contributed by atoms with Gasteiger partial charge < -0.3 is 0 Å². The number of nitrogens with zero attached hydrogens (tertiary/aromatic N) is 1. The molecular weight excluding hydrogens is 339 g/mol. The zero-order chi connectivity index (χ0) is 14.6. The Kier molecular flexibility index (Phi) is 9.09. The van der Waals surface area contributed by atoms with Crippen LogP contribution in [0.2, 0.25) is 0 Å². The molecule has 1 atom stereocenters. The van der Waals surface area contributed by atoms with Crippen LogP contribution in [0, 0.1) is 0 Å². The molecule has 108 valence electrons. The van der Waals surface area contributed by atoms with Crippen molar-refractivity contribution in [2.75, 3.05) is 18.6 Å². The number of rotatable bonds is 8. The number of carbonyl (C=O) groups excluding carboxylic acids is 1. The molecule has 20 heavy (non-hydrogen) atoms. The maximum absolute atomic E-state index is 11.7. The Hall–Kier alpha value is -1.06. The molecule has 1 aromatic rings. The van der Waals surface area contributed by atoms with E-state index in [9.17, 15) is 4.79 Å². The summed E-state index contributed by atoms with van der Waals surface area (Å²) >= 11 is 4.33. The van der Waals surface area contributed by atoms with Crippen molar-refractivity contribution in [2.45, 2.75) is 19.1 Å². The predicted molar refractivity (Wildman–Crippen MR) is 84.6 cm³/mol. The third kappa shape index (κ3) is 7.51. The molecule has 0 saturated carbocycles. The van der Waals surface area contributed by atoms with Crippen LogP contribution in [0.3, 0.4) is 0 Å². The summed E-state index contributed by atoms with van der Waals surface area (Å²) in [5.74, 6) is 0.965. The Bertz CT molecular complexity index is 450. The Balaban J connectivity index is 2.38. The number of nitrogens with one attached hydrogen (secondary N) is 1. The SMILES string of the molecule is CSCCC(CN=C=[Se])NC(=O)OCc1ccccc1. The molecular formula is C14H18N2O2SSe. The van der Waals surface area contributed by atoms with E-state index < -0.39 is 6.09 Å². The molecule has 6 heteroatoms. The van der Waals surface area contributed by atoms with Crippen molar-refractivity contribution >= 4 is 38.1 Å². The van der Waals surface area contributed by atoms with E-state index in [-0.39, 0.29) is 12.6 Å². The van der Waals surface area contributed by atoms with E-state index in [0.29, 0.717) is 6.54 Å². The summed E-state index contributed by atoms with van der Waals surface area (Å²) in [7, 11) is 0. The predicted octanol–water partition coefficient (Wildman–Crippen LogP) is 2.11. The summed E-state index contributed by atoms with van der Waals surface area (Å²) < 4.78 is 7.80. The average molecular weight is 357 g/mol. The van der Waals surface area contributed by atoms with Crippen LogP contribution in [-0.4, -0.2) is 51.0 Å². The average Bonchev–Trinajstić information content (AvgIpc) is 2.49. The van der Waals surface area contributed by atoms with Gasteiger partial charge in [0.25, 0.3) is 0 Å². The first-order valence-corrected chi connectivity index (χ1v) is 8.51. The zero-order valence-corrected chi connectivity index (χ0v) is 13.9. The van der Waals surface area contributed by atoms with Crippen molar-refractivity contribution in [1.29, 1.82) is 0 Å². The van der Waals surface area contributed by atoms with Crippen LogP contribution in [0.15, 0.2) is 35.3 Å². The molecule has 1 rings (SSSR count). The van der Waals surface area contributed by atoms with Crippen LogP contribution in [-0.2, 0) is 11.3 Å². The van der Waals surface area contributed by atoms with E-state index in [1.807, 2.05) is 36.6 Å². The van der Waals surface area contributed by atoms with Gasteiger partial charge in [-0.05, 0) is 0 Å². The molecule has 0 spiro atoms. The molecule has 0 radical (unpaired) electrons. The van der Waals surface area contributed by atoms with Crippen LogP contribution < -0.4 is 5.32 Å². The number of ether oxygens (including phenoxy) is 1. The van der Waals surface area contributed by atoms with Crippen LogP contribution in [0.1, 0.15) is 12.0 Å². The van der Waals surface area contributed by atoms with Gasteiger partial charge in [0, 0.05) is 0 Å². The molecule has 0 fully saturated rings. The van der Waals surface area contributed by atoms with Crippen molar-refractivity contribution in [3.05, 3.63) is 35.9 Å². The Morgan fingerprint density at radius 2 is 2.25 bits per heavy atom. The van der Waals surface area contributed by atoms with Crippen LogP contribution >= 0.6 is 11.8 Å². The molecule has 0 aliphatic carbocycles. The fourth-order valence-corrected chi connectivity index (χ4v) is 2.22. The van der Waals surface area contributed by atoms with Crippen molar-refractivity contribution in [2.24, 2.45) is 4.99 Å². The fourth-order valence-electron chi connectivity index (χ4n) is 1.55. The molecule has 1 aromatic carbocycles. The number of thioether (sulfide) groups is 1. The minimum atomic E-state index is -0.407. The van der Waals surface area contributed by atoms with E-state index in [1.165, 1.54) is 0 Å².